The summed E-state index contributed by atoms with van der Waals surface area (Å²) >= 11 is 0. The molecule has 0 N–H and O–H groups in total. The fraction of sp³-hybridized carbons (Fsp3) is 0.0625. The van der Waals surface area contributed by atoms with Crippen LogP contribution in [0.2, 0.25) is 0 Å². The number of hydrogen-bond acceptors (Lipinski definition) is 1. The number of nitrogens with zero attached hydrogens (tertiary/aromatic N) is 2. The van der Waals surface area contributed by atoms with E-state index >= 15 is 0 Å². The highest BCUT2D eigenvalue weighted by Crippen LogP contribution is 2.51. The molecule has 0 bridgehead atoms. The third-order valence-electron chi connectivity index (χ3n) is 9.97. The molecule has 2 heteroatoms. The molecule has 0 radical (unpaired) electrons. The van der Waals surface area contributed by atoms with E-state index < -0.39 is 37.2 Å². The molecule has 8 aromatic carbocycles. The summed E-state index contributed by atoms with van der Waals surface area (Å²) in [7, 11) is 0. The van der Waals surface area contributed by atoms with E-state index in [1.165, 1.54) is 0 Å². The first-order valence-electron chi connectivity index (χ1n) is 22.0. The zero-order chi connectivity index (χ0) is 42.7. The molecule has 1 aliphatic carbocycles. The predicted octanol–water partition coefficient (Wildman–Crippen LogP) is 12.6. The van der Waals surface area contributed by atoms with Gasteiger partial charge in [0.1, 0.15) is 5.82 Å². The summed E-state index contributed by atoms with van der Waals surface area (Å²) in [5, 5.41) is 3.40. The van der Waals surface area contributed by atoms with Gasteiger partial charge in [-0.2, -0.15) is 0 Å². The Kier molecular flexibility index (Phi) is 4.28. The highest BCUT2D eigenvalue weighted by Gasteiger charge is 2.35. The molecule has 2 nitrogen and oxygen atoms in total. The lowest BCUT2D eigenvalue weighted by Gasteiger charge is -2.23. The van der Waals surface area contributed by atoms with Crippen LogP contribution in [-0.2, 0) is 5.41 Å². The van der Waals surface area contributed by atoms with Crippen LogP contribution in [0.3, 0.4) is 0 Å². The first-order chi connectivity index (χ1) is 29.2. The van der Waals surface area contributed by atoms with Gasteiger partial charge < -0.3 is 0 Å². The minimum atomic E-state index is -2.92. The Balaban J connectivity index is 1.28. The maximum absolute atomic E-state index is 8.98. The highest BCUT2D eigenvalue weighted by atomic mass is 15.1. The molecule has 0 saturated heterocycles. The van der Waals surface area contributed by atoms with Crippen LogP contribution in [0, 0.1) is 0 Å². The molecular formula is C48H34N2. The van der Waals surface area contributed by atoms with Gasteiger partial charge in [-0.3, -0.25) is 4.57 Å². The second-order valence-electron chi connectivity index (χ2n) is 12.7. The van der Waals surface area contributed by atoms with Gasteiger partial charge in [-0.05, 0) is 96.3 Å². The molecule has 0 fully saturated rings. The summed E-state index contributed by atoms with van der Waals surface area (Å²) in [5.41, 5.74) is 4.30. The number of aromatic nitrogens is 2. The van der Waals surface area contributed by atoms with Crippen molar-refractivity contribution in [3.63, 3.8) is 0 Å². The van der Waals surface area contributed by atoms with Gasteiger partial charge in [-0.1, -0.05) is 153 Å². The first kappa shape index (κ1) is 19.7. The van der Waals surface area contributed by atoms with Crippen LogP contribution in [0.4, 0.5) is 0 Å². The Hall–Kier alpha value is -6.25. The van der Waals surface area contributed by atoms with Crippen LogP contribution >= 0.6 is 0 Å². The first-order valence-corrected chi connectivity index (χ1v) is 16.5. The van der Waals surface area contributed by atoms with Gasteiger partial charge in [0.15, 0.2) is 0 Å². The zero-order valence-corrected chi connectivity index (χ0v) is 26.7. The average molecular weight is 650 g/mol. The molecule has 9 aromatic rings. The van der Waals surface area contributed by atoms with Crippen LogP contribution in [0.15, 0.2) is 170 Å². The van der Waals surface area contributed by atoms with Gasteiger partial charge in [0.05, 0.1) is 17.9 Å². The van der Waals surface area contributed by atoms with E-state index in [0.29, 0.717) is 39.1 Å². The fourth-order valence-corrected chi connectivity index (χ4v) is 7.85. The number of hydrogen-bond donors (Lipinski definition) is 0. The lowest BCUT2D eigenvalue weighted by molar-refractivity contribution is 0.660. The number of rotatable bonds is 4. The van der Waals surface area contributed by atoms with Gasteiger partial charge >= 0.3 is 0 Å². The normalized spacial score (nSPS) is 16.8. The van der Waals surface area contributed by atoms with E-state index in [-0.39, 0.29) is 28.9 Å². The molecule has 0 saturated carbocycles. The van der Waals surface area contributed by atoms with E-state index in [2.05, 4.69) is 0 Å². The Morgan fingerprint density at radius 1 is 0.540 bits per heavy atom. The molecule has 0 amide bonds. The van der Waals surface area contributed by atoms with Gasteiger partial charge in [0, 0.05) is 24.9 Å². The Morgan fingerprint density at radius 2 is 1.12 bits per heavy atom. The van der Waals surface area contributed by atoms with Crippen molar-refractivity contribution in [2.24, 2.45) is 0 Å². The summed E-state index contributed by atoms with van der Waals surface area (Å²) in [6.07, 6.45) is 0. The third kappa shape index (κ3) is 4.12. The zero-order valence-electron chi connectivity index (χ0n) is 37.7. The quantitative estimate of drug-likeness (QED) is 0.174. The number of benzene rings is 8. The van der Waals surface area contributed by atoms with Crippen LogP contribution in [0.1, 0.15) is 39.9 Å². The highest BCUT2D eigenvalue weighted by molar-refractivity contribution is 6.22. The van der Waals surface area contributed by atoms with Crippen LogP contribution in [-0.4, -0.2) is 9.55 Å². The molecule has 0 spiro atoms. The fourth-order valence-electron chi connectivity index (χ4n) is 7.85. The van der Waals surface area contributed by atoms with Crippen molar-refractivity contribution < 1.29 is 15.1 Å². The SMILES string of the molecule is [2H]c1c([2H])c([2H])c(-n2c(-c3ccccc3-c3c4ccccc4c(-c4ccc5c(c4)C(C([2H])([2H])[2H])(C([2H])([2H])[2H])c4ccccc4-5)c4ccccc34)nc3ccccc32)c([2H])c1[2H]. The van der Waals surface area contributed by atoms with Crippen molar-refractivity contribution in [1.29, 1.82) is 0 Å². The van der Waals surface area contributed by atoms with Crippen molar-refractivity contribution in [2.45, 2.75) is 19.1 Å². The lowest BCUT2D eigenvalue weighted by Crippen LogP contribution is -2.14. The van der Waals surface area contributed by atoms with E-state index in [1.807, 2.05) is 109 Å². The van der Waals surface area contributed by atoms with Crippen molar-refractivity contribution >= 4 is 32.6 Å². The Bertz CT molecular complexity index is 3210. The second-order valence-corrected chi connectivity index (χ2v) is 12.7. The number of fused-ring (bicyclic) bond motifs is 6. The van der Waals surface area contributed by atoms with Gasteiger partial charge in [0.25, 0.3) is 0 Å². The summed E-state index contributed by atoms with van der Waals surface area (Å²) in [6, 6.07) is 41.2. The van der Waals surface area contributed by atoms with Crippen LogP contribution in [0.5, 0.6) is 0 Å². The van der Waals surface area contributed by atoms with Gasteiger partial charge in [-0.25, -0.2) is 4.98 Å². The van der Waals surface area contributed by atoms with Crippen LogP contribution < -0.4 is 0 Å². The number of imidazole rings is 1. The van der Waals surface area contributed by atoms with Gasteiger partial charge in [-0.15, -0.1) is 0 Å². The molecule has 0 atom stereocenters. The Morgan fingerprint density at radius 3 is 1.84 bits per heavy atom. The van der Waals surface area contributed by atoms with Crippen molar-refractivity contribution in [2.75, 3.05) is 0 Å². The van der Waals surface area contributed by atoms with Crippen LogP contribution in [0.25, 0.3) is 83.0 Å². The second kappa shape index (κ2) is 10.9. The minimum Gasteiger partial charge on any atom is -0.292 e. The van der Waals surface area contributed by atoms with Crippen molar-refractivity contribution in [3.8, 4) is 50.5 Å². The molecule has 1 heterocycles. The molecule has 236 valence electrons. The van der Waals surface area contributed by atoms with E-state index in [4.69, 9.17) is 20.1 Å². The van der Waals surface area contributed by atoms with E-state index in [9.17, 15) is 0 Å². The summed E-state index contributed by atoms with van der Waals surface area (Å²) in [6.45, 7) is -5.83. The molecule has 0 aliphatic heterocycles. The molecular weight excluding hydrogens is 605 g/mol. The molecule has 10 rings (SSSR count). The molecule has 0 unspecified atom stereocenters. The number of para-hydroxylation sites is 3. The molecule has 1 aliphatic rings. The molecule has 1 aromatic heterocycles. The minimum absolute atomic E-state index is 0.0153. The van der Waals surface area contributed by atoms with E-state index in [0.717, 1.165) is 38.2 Å². The topological polar surface area (TPSA) is 17.8 Å². The van der Waals surface area contributed by atoms with Crippen molar-refractivity contribution in [3.05, 3.63) is 181 Å². The van der Waals surface area contributed by atoms with Gasteiger partial charge in [0.2, 0.25) is 0 Å². The maximum Gasteiger partial charge on any atom is 0.146 e. The summed E-state index contributed by atoms with van der Waals surface area (Å²) in [4.78, 5) is 5.07. The maximum atomic E-state index is 8.98. The van der Waals surface area contributed by atoms with Crippen molar-refractivity contribution in [1.82, 2.24) is 9.55 Å². The smallest absolute Gasteiger partial charge is 0.146 e. The average Bonchev–Trinajstić information content (AvgIpc) is 3.78. The molecule has 50 heavy (non-hydrogen) atoms. The third-order valence-corrected chi connectivity index (χ3v) is 9.97. The summed E-state index contributed by atoms with van der Waals surface area (Å²) in [5.74, 6) is 0.386. The monoisotopic (exact) mass is 649 g/mol. The lowest BCUT2D eigenvalue weighted by atomic mass is 9.80. The Labute approximate surface area is 307 Å². The summed E-state index contributed by atoms with van der Waals surface area (Å²) < 4.78 is 97.9. The predicted molar refractivity (Wildman–Crippen MR) is 210 cm³/mol. The standard InChI is InChI=1S/C48H34N2/c1-48(2)41-25-13-12-18-33(41)34-29-28-31(30-42(34)48)45-35-19-6-8-21-37(35)46(38-22-9-7-20-36(38)45)39-23-10-11-24-40(39)47-49-43-26-14-15-27-44(43)50(47)32-16-4-3-5-17-32/h3-30H,1-2H3/i1D3,2D3,3D,4D,5D,16D,17D. The largest absolute Gasteiger partial charge is 0.292 e. The van der Waals surface area contributed by atoms with E-state index in [1.54, 1.807) is 34.9 Å².